The summed E-state index contributed by atoms with van der Waals surface area (Å²) in [5, 5.41) is 7.10. The van der Waals surface area contributed by atoms with Crippen molar-refractivity contribution in [1.82, 2.24) is 15.0 Å². The summed E-state index contributed by atoms with van der Waals surface area (Å²) in [6.07, 6.45) is 1.66. The van der Waals surface area contributed by atoms with Crippen LogP contribution in [0.15, 0.2) is 59.1 Å². The normalized spacial score (nSPS) is 15.5. The number of carbonyl (C=O) groups is 1. The quantitative estimate of drug-likeness (QED) is 0.731. The molecule has 6 heteroatoms. The second-order valence-corrected chi connectivity index (χ2v) is 7.28. The van der Waals surface area contributed by atoms with Crippen LogP contribution in [0.3, 0.4) is 0 Å². The van der Waals surface area contributed by atoms with Crippen LogP contribution in [-0.2, 0) is 11.3 Å². The molecule has 1 aliphatic heterocycles. The van der Waals surface area contributed by atoms with E-state index in [1.807, 2.05) is 61.5 Å². The fourth-order valence-electron chi connectivity index (χ4n) is 3.45. The molecule has 0 bridgehead atoms. The number of nitrogens with one attached hydrogen (secondary N) is 1. The van der Waals surface area contributed by atoms with Gasteiger partial charge in [0.05, 0.1) is 6.54 Å². The third kappa shape index (κ3) is 4.46. The Morgan fingerprint density at radius 2 is 1.82 bits per heavy atom. The fourth-order valence-corrected chi connectivity index (χ4v) is 3.45. The maximum absolute atomic E-state index is 12.5. The molecule has 1 aromatic heterocycles. The van der Waals surface area contributed by atoms with Crippen molar-refractivity contribution in [1.29, 1.82) is 0 Å². The molecular formula is C22H24N4O2. The molecule has 0 saturated carbocycles. The zero-order valence-electron chi connectivity index (χ0n) is 16.0. The first-order valence-electron chi connectivity index (χ1n) is 9.65. The van der Waals surface area contributed by atoms with Gasteiger partial charge in [0, 0.05) is 17.2 Å². The number of aromatic nitrogens is 2. The number of rotatable bonds is 5. The van der Waals surface area contributed by atoms with Crippen molar-refractivity contribution < 1.29 is 9.32 Å². The van der Waals surface area contributed by atoms with Crippen molar-refractivity contribution in [2.45, 2.75) is 26.3 Å². The third-order valence-electron chi connectivity index (χ3n) is 5.14. The summed E-state index contributed by atoms with van der Waals surface area (Å²) in [4.78, 5) is 19.3. The lowest BCUT2D eigenvalue weighted by molar-refractivity contribution is -0.121. The van der Waals surface area contributed by atoms with Gasteiger partial charge in [0.15, 0.2) is 0 Å². The second-order valence-electron chi connectivity index (χ2n) is 7.28. The first kappa shape index (κ1) is 18.4. The summed E-state index contributed by atoms with van der Waals surface area (Å²) in [5.41, 5.74) is 2.99. The highest BCUT2D eigenvalue weighted by Gasteiger charge is 2.26. The minimum atomic E-state index is 0.0418. The maximum Gasteiger partial charge on any atom is 0.241 e. The number of carbonyl (C=O) groups excluding carboxylic acids is 1. The average molecular weight is 376 g/mol. The van der Waals surface area contributed by atoms with E-state index >= 15 is 0 Å². The summed E-state index contributed by atoms with van der Waals surface area (Å²) in [7, 11) is 0. The van der Waals surface area contributed by atoms with Crippen LogP contribution in [0.5, 0.6) is 0 Å². The monoisotopic (exact) mass is 376 g/mol. The lowest BCUT2D eigenvalue weighted by Gasteiger charge is -2.30. The predicted octanol–water partition coefficient (Wildman–Crippen LogP) is 3.90. The average Bonchev–Trinajstić information content (AvgIpc) is 3.19. The molecule has 4 rings (SSSR count). The lowest BCUT2D eigenvalue weighted by atomic mass is 9.96. The van der Waals surface area contributed by atoms with E-state index in [2.05, 4.69) is 20.4 Å². The van der Waals surface area contributed by atoms with Gasteiger partial charge in [0.2, 0.25) is 17.6 Å². The van der Waals surface area contributed by atoms with Crippen molar-refractivity contribution in [2.24, 2.45) is 5.92 Å². The van der Waals surface area contributed by atoms with Crippen molar-refractivity contribution in [3.05, 3.63) is 66.1 Å². The molecule has 0 atom stereocenters. The van der Waals surface area contributed by atoms with E-state index in [1.54, 1.807) is 0 Å². The van der Waals surface area contributed by atoms with Crippen LogP contribution in [-0.4, -0.2) is 34.0 Å². The molecule has 1 amide bonds. The molecule has 28 heavy (non-hydrogen) atoms. The predicted molar refractivity (Wildman–Crippen MR) is 108 cm³/mol. The van der Waals surface area contributed by atoms with Crippen LogP contribution in [0.1, 0.15) is 24.3 Å². The highest BCUT2D eigenvalue weighted by molar-refractivity contribution is 5.92. The Labute approximate surface area is 164 Å². The lowest BCUT2D eigenvalue weighted by Crippen LogP contribution is -2.37. The SMILES string of the molecule is Cc1ccc(NC(=O)C2CCN(Cc3nc(-c4ccccc4)no3)CC2)cc1. The van der Waals surface area contributed by atoms with Crippen LogP contribution in [0.4, 0.5) is 5.69 Å². The van der Waals surface area contributed by atoms with E-state index in [4.69, 9.17) is 4.52 Å². The van der Waals surface area contributed by atoms with E-state index in [9.17, 15) is 4.79 Å². The Bertz CT molecular complexity index is 913. The largest absolute Gasteiger partial charge is 0.338 e. The van der Waals surface area contributed by atoms with E-state index in [-0.39, 0.29) is 11.8 Å². The molecule has 144 valence electrons. The van der Waals surface area contributed by atoms with Gasteiger partial charge in [0.1, 0.15) is 0 Å². The number of hydrogen-bond donors (Lipinski definition) is 1. The first-order chi connectivity index (χ1) is 13.7. The van der Waals surface area contributed by atoms with E-state index in [0.29, 0.717) is 18.3 Å². The molecule has 0 aliphatic carbocycles. The molecule has 1 saturated heterocycles. The van der Waals surface area contributed by atoms with Gasteiger partial charge in [-0.1, -0.05) is 53.2 Å². The topological polar surface area (TPSA) is 71.3 Å². The number of benzene rings is 2. The molecule has 6 nitrogen and oxygen atoms in total. The number of piperidine rings is 1. The maximum atomic E-state index is 12.5. The summed E-state index contributed by atoms with van der Waals surface area (Å²) >= 11 is 0. The summed E-state index contributed by atoms with van der Waals surface area (Å²) in [6, 6.07) is 17.7. The minimum absolute atomic E-state index is 0.0418. The smallest absolute Gasteiger partial charge is 0.241 e. The highest BCUT2D eigenvalue weighted by Crippen LogP contribution is 2.22. The zero-order chi connectivity index (χ0) is 19.3. The summed E-state index contributed by atoms with van der Waals surface area (Å²) in [5.74, 6) is 1.37. The van der Waals surface area contributed by atoms with Gasteiger partial charge in [-0.2, -0.15) is 4.98 Å². The van der Waals surface area contributed by atoms with E-state index in [1.165, 1.54) is 5.56 Å². The molecule has 0 unspecified atom stereocenters. The molecule has 0 radical (unpaired) electrons. The van der Waals surface area contributed by atoms with Crippen molar-refractivity contribution in [3.63, 3.8) is 0 Å². The number of amides is 1. The molecule has 3 aromatic rings. The van der Waals surface area contributed by atoms with Crippen molar-refractivity contribution in [3.8, 4) is 11.4 Å². The van der Waals surface area contributed by atoms with Crippen LogP contribution >= 0.6 is 0 Å². The Morgan fingerprint density at radius 1 is 1.11 bits per heavy atom. The standard InChI is InChI=1S/C22H24N4O2/c1-16-7-9-19(10-8-16)23-22(27)18-11-13-26(14-12-18)15-20-24-21(25-28-20)17-5-3-2-4-6-17/h2-10,18H,11-15H2,1H3,(H,23,27). The van der Waals surface area contributed by atoms with Crippen LogP contribution < -0.4 is 5.32 Å². The van der Waals surface area contributed by atoms with Crippen LogP contribution in [0.2, 0.25) is 0 Å². The fraction of sp³-hybridized carbons (Fsp3) is 0.318. The van der Waals surface area contributed by atoms with Gasteiger partial charge in [-0.05, 0) is 45.0 Å². The number of likely N-dealkylation sites (tertiary alicyclic amines) is 1. The van der Waals surface area contributed by atoms with Gasteiger partial charge < -0.3 is 9.84 Å². The van der Waals surface area contributed by atoms with Crippen molar-refractivity contribution in [2.75, 3.05) is 18.4 Å². The Kier molecular flexibility index (Phi) is 5.48. The van der Waals surface area contributed by atoms with E-state index in [0.717, 1.165) is 37.2 Å². The molecule has 1 aliphatic rings. The first-order valence-corrected chi connectivity index (χ1v) is 9.65. The van der Waals surface area contributed by atoms with Gasteiger partial charge in [0.25, 0.3) is 0 Å². The molecule has 1 fully saturated rings. The van der Waals surface area contributed by atoms with Gasteiger partial charge in [-0.25, -0.2) is 0 Å². The van der Waals surface area contributed by atoms with Gasteiger partial charge in [-0.15, -0.1) is 0 Å². The van der Waals surface area contributed by atoms with Crippen LogP contribution in [0.25, 0.3) is 11.4 Å². The van der Waals surface area contributed by atoms with E-state index < -0.39 is 0 Å². The Morgan fingerprint density at radius 3 is 2.54 bits per heavy atom. The Hall–Kier alpha value is -2.99. The van der Waals surface area contributed by atoms with Crippen molar-refractivity contribution >= 4 is 11.6 Å². The minimum Gasteiger partial charge on any atom is -0.338 e. The third-order valence-corrected chi connectivity index (χ3v) is 5.14. The molecule has 0 spiro atoms. The summed E-state index contributed by atoms with van der Waals surface area (Å²) < 4.78 is 5.40. The highest BCUT2D eigenvalue weighted by atomic mass is 16.5. The molecular weight excluding hydrogens is 352 g/mol. The molecule has 1 N–H and O–H groups in total. The van der Waals surface area contributed by atoms with Crippen LogP contribution in [0, 0.1) is 12.8 Å². The Balaban J connectivity index is 1.28. The number of nitrogens with zero attached hydrogens (tertiary/aromatic N) is 3. The number of anilines is 1. The molecule has 2 heterocycles. The number of hydrogen-bond acceptors (Lipinski definition) is 5. The second kappa shape index (κ2) is 8.35. The molecule has 2 aromatic carbocycles. The van der Waals surface area contributed by atoms with Gasteiger partial charge >= 0.3 is 0 Å². The summed E-state index contributed by atoms with van der Waals surface area (Å²) in [6.45, 7) is 4.34. The number of aryl methyl sites for hydroxylation is 1. The zero-order valence-corrected chi connectivity index (χ0v) is 16.0. The van der Waals surface area contributed by atoms with Gasteiger partial charge in [-0.3, -0.25) is 9.69 Å².